The number of hydrogen-bond acceptors (Lipinski definition) is 4. The van der Waals surface area contributed by atoms with Crippen molar-refractivity contribution >= 4 is 16.9 Å². The average Bonchev–Trinajstić information content (AvgIpc) is 3.46. The molecule has 2 aromatic rings. The van der Waals surface area contributed by atoms with Gasteiger partial charge in [0, 0.05) is 6.08 Å². The van der Waals surface area contributed by atoms with Gasteiger partial charge >= 0.3 is 5.97 Å². The van der Waals surface area contributed by atoms with E-state index in [0.29, 0.717) is 28.6 Å². The van der Waals surface area contributed by atoms with Crippen LogP contribution >= 0.6 is 0 Å². The number of aromatic nitrogens is 2. The second-order valence-electron chi connectivity index (χ2n) is 6.74. The van der Waals surface area contributed by atoms with Crippen LogP contribution < -0.4 is 5.56 Å². The van der Waals surface area contributed by atoms with E-state index in [1.165, 1.54) is 31.3 Å². The maximum Gasteiger partial charge on any atom is 0.331 e. The quantitative estimate of drug-likeness (QED) is 0.677. The second-order valence-corrected chi connectivity index (χ2v) is 6.74. The molecule has 5 heteroatoms. The highest BCUT2D eigenvalue weighted by Gasteiger charge is 2.37. The summed E-state index contributed by atoms with van der Waals surface area (Å²) in [6, 6.07) is 7.13. The van der Waals surface area contributed by atoms with Gasteiger partial charge in [-0.05, 0) is 56.6 Å². The van der Waals surface area contributed by atoms with Crippen molar-refractivity contribution in [2.75, 3.05) is 0 Å². The smallest absolute Gasteiger partial charge is 0.331 e. The molecule has 2 fully saturated rings. The van der Waals surface area contributed by atoms with Crippen LogP contribution in [0.2, 0.25) is 0 Å². The molecule has 1 aromatic heterocycles. The molecule has 4 rings (SSSR count). The Morgan fingerprint density at radius 1 is 1.25 bits per heavy atom. The number of esters is 1. The van der Waals surface area contributed by atoms with Gasteiger partial charge < -0.3 is 9.72 Å². The van der Waals surface area contributed by atoms with Crippen molar-refractivity contribution in [2.24, 2.45) is 11.8 Å². The van der Waals surface area contributed by atoms with Crippen LogP contribution in [0.3, 0.4) is 0 Å². The number of benzene rings is 1. The van der Waals surface area contributed by atoms with Crippen LogP contribution in [-0.4, -0.2) is 15.9 Å². The van der Waals surface area contributed by atoms with Crippen LogP contribution in [0.15, 0.2) is 40.7 Å². The summed E-state index contributed by atoms with van der Waals surface area (Å²) in [4.78, 5) is 31.5. The minimum atomic E-state index is -0.592. The molecule has 1 atom stereocenters. The molecule has 24 heavy (non-hydrogen) atoms. The molecule has 2 aliphatic rings. The van der Waals surface area contributed by atoms with Gasteiger partial charge in [0.2, 0.25) is 0 Å². The standard InChI is InChI=1S/C19H20N2O3/c1-11(18-20-16-5-3-2-4-14(16)19(23)21-18)24-17(22)10-15(12-6-7-12)13-8-9-13/h2-5,10-13H,6-9H2,1H3,(H,20,21,23)/t11-/m0/s1. The Bertz CT molecular complexity index is 862. The fourth-order valence-corrected chi connectivity index (χ4v) is 3.10. The first-order chi connectivity index (χ1) is 11.6. The van der Waals surface area contributed by atoms with E-state index in [4.69, 9.17) is 4.74 Å². The number of aromatic amines is 1. The summed E-state index contributed by atoms with van der Waals surface area (Å²) in [6.07, 6.45) is 5.82. The van der Waals surface area contributed by atoms with E-state index in [0.717, 1.165) is 0 Å². The lowest BCUT2D eigenvalue weighted by Gasteiger charge is -2.12. The third-order valence-corrected chi connectivity index (χ3v) is 4.69. The zero-order valence-corrected chi connectivity index (χ0v) is 13.6. The van der Waals surface area contributed by atoms with Gasteiger partial charge in [-0.3, -0.25) is 4.79 Å². The largest absolute Gasteiger partial charge is 0.451 e. The SMILES string of the molecule is C[C@H](OC(=O)C=C(C1CC1)C1CC1)c1nc2ccccc2c(=O)[nH]1. The number of para-hydroxylation sites is 1. The van der Waals surface area contributed by atoms with Crippen molar-refractivity contribution in [3.8, 4) is 0 Å². The summed E-state index contributed by atoms with van der Waals surface area (Å²) in [5, 5.41) is 0.532. The molecule has 0 saturated heterocycles. The van der Waals surface area contributed by atoms with Gasteiger partial charge in [0.05, 0.1) is 10.9 Å². The molecule has 2 aliphatic carbocycles. The topological polar surface area (TPSA) is 72.0 Å². The Morgan fingerprint density at radius 3 is 2.58 bits per heavy atom. The first-order valence-electron chi connectivity index (χ1n) is 8.53. The Hall–Kier alpha value is -2.43. The highest BCUT2D eigenvalue weighted by atomic mass is 16.5. The van der Waals surface area contributed by atoms with Crippen molar-refractivity contribution in [1.82, 2.24) is 9.97 Å². The Balaban J connectivity index is 1.53. The summed E-state index contributed by atoms with van der Waals surface area (Å²) in [7, 11) is 0. The molecule has 0 unspecified atom stereocenters. The summed E-state index contributed by atoms with van der Waals surface area (Å²) in [6.45, 7) is 1.73. The predicted octanol–water partition coefficient (Wildman–Crippen LogP) is 3.27. The Kier molecular flexibility index (Phi) is 3.71. The predicted molar refractivity (Wildman–Crippen MR) is 90.4 cm³/mol. The van der Waals surface area contributed by atoms with E-state index < -0.39 is 6.10 Å². The number of allylic oxidation sites excluding steroid dienone is 1. The van der Waals surface area contributed by atoms with Gasteiger partial charge in [0.25, 0.3) is 5.56 Å². The highest BCUT2D eigenvalue weighted by Crippen LogP contribution is 2.48. The van der Waals surface area contributed by atoms with Gasteiger partial charge in [-0.15, -0.1) is 0 Å². The zero-order valence-electron chi connectivity index (χ0n) is 13.6. The monoisotopic (exact) mass is 324 g/mol. The lowest BCUT2D eigenvalue weighted by atomic mass is 10.1. The number of nitrogens with one attached hydrogen (secondary N) is 1. The van der Waals surface area contributed by atoms with Crippen molar-refractivity contribution in [3.05, 3.63) is 52.1 Å². The van der Waals surface area contributed by atoms with Crippen LogP contribution in [-0.2, 0) is 9.53 Å². The number of ether oxygens (including phenoxy) is 1. The summed E-state index contributed by atoms with van der Waals surface area (Å²) < 4.78 is 5.48. The van der Waals surface area contributed by atoms with Crippen molar-refractivity contribution in [3.63, 3.8) is 0 Å². The molecule has 2 saturated carbocycles. The van der Waals surface area contributed by atoms with Crippen molar-refractivity contribution < 1.29 is 9.53 Å². The normalized spacial score (nSPS) is 18.2. The minimum absolute atomic E-state index is 0.217. The lowest BCUT2D eigenvalue weighted by Crippen LogP contribution is -2.17. The molecular formula is C19H20N2O3. The number of carbonyl (C=O) groups excluding carboxylic acids is 1. The van der Waals surface area contributed by atoms with Gasteiger partial charge in [-0.2, -0.15) is 0 Å². The molecular weight excluding hydrogens is 304 g/mol. The van der Waals surface area contributed by atoms with Crippen LogP contribution in [0.1, 0.15) is 44.5 Å². The zero-order chi connectivity index (χ0) is 16.7. The molecule has 0 radical (unpaired) electrons. The maximum absolute atomic E-state index is 12.2. The summed E-state index contributed by atoms with van der Waals surface area (Å²) >= 11 is 0. The third-order valence-electron chi connectivity index (χ3n) is 4.69. The minimum Gasteiger partial charge on any atom is -0.451 e. The lowest BCUT2D eigenvalue weighted by molar-refractivity contribution is -0.142. The van der Waals surface area contributed by atoms with E-state index in [-0.39, 0.29) is 11.5 Å². The molecule has 0 spiro atoms. The fourth-order valence-electron chi connectivity index (χ4n) is 3.10. The first kappa shape index (κ1) is 15.1. The van der Waals surface area contributed by atoms with Crippen LogP contribution in [0, 0.1) is 11.8 Å². The van der Waals surface area contributed by atoms with Gasteiger partial charge in [0.1, 0.15) is 0 Å². The van der Waals surface area contributed by atoms with E-state index in [2.05, 4.69) is 9.97 Å². The van der Waals surface area contributed by atoms with Gasteiger partial charge in [-0.1, -0.05) is 17.7 Å². The molecule has 1 N–H and O–H groups in total. The molecule has 1 heterocycles. The van der Waals surface area contributed by atoms with Crippen molar-refractivity contribution in [1.29, 1.82) is 0 Å². The van der Waals surface area contributed by atoms with Crippen LogP contribution in [0.4, 0.5) is 0 Å². The third kappa shape index (κ3) is 3.11. The van der Waals surface area contributed by atoms with Crippen LogP contribution in [0.5, 0.6) is 0 Å². The van der Waals surface area contributed by atoms with E-state index in [1.807, 2.05) is 6.07 Å². The van der Waals surface area contributed by atoms with E-state index in [9.17, 15) is 9.59 Å². The molecule has 124 valence electrons. The molecule has 0 amide bonds. The maximum atomic E-state index is 12.2. The number of rotatable bonds is 5. The first-order valence-corrected chi connectivity index (χ1v) is 8.53. The molecule has 5 nitrogen and oxygen atoms in total. The molecule has 0 aliphatic heterocycles. The number of carbonyl (C=O) groups is 1. The summed E-state index contributed by atoms with van der Waals surface area (Å²) in [5.74, 6) is 1.20. The number of hydrogen-bond donors (Lipinski definition) is 1. The van der Waals surface area contributed by atoms with Crippen LogP contribution in [0.25, 0.3) is 10.9 Å². The number of fused-ring (bicyclic) bond motifs is 1. The van der Waals surface area contributed by atoms with E-state index in [1.54, 1.807) is 31.2 Å². The number of H-pyrrole nitrogens is 1. The average molecular weight is 324 g/mol. The number of nitrogens with zero attached hydrogens (tertiary/aromatic N) is 1. The highest BCUT2D eigenvalue weighted by molar-refractivity contribution is 5.83. The van der Waals surface area contributed by atoms with Gasteiger partial charge in [0.15, 0.2) is 11.9 Å². The molecule has 0 bridgehead atoms. The Labute approximate surface area is 139 Å². The molecule has 1 aromatic carbocycles. The Morgan fingerprint density at radius 2 is 1.92 bits per heavy atom. The van der Waals surface area contributed by atoms with Crippen molar-refractivity contribution in [2.45, 2.75) is 38.7 Å². The van der Waals surface area contributed by atoms with Gasteiger partial charge in [-0.25, -0.2) is 9.78 Å². The second kappa shape index (κ2) is 5.89. The fraction of sp³-hybridized carbons (Fsp3) is 0.421. The summed E-state index contributed by atoms with van der Waals surface area (Å²) in [5.41, 5.74) is 1.64. The van der Waals surface area contributed by atoms with E-state index >= 15 is 0 Å².